The van der Waals surface area contributed by atoms with Gasteiger partial charge in [-0.1, -0.05) is 53.5 Å². The lowest BCUT2D eigenvalue weighted by atomic mass is 9.89. The zero-order valence-corrected chi connectivity index (χ0v) is 12.0. The molecular formula is C16H15Cl2N. The van der Waals surface area contributed by atoms with Gasteiger partial charge in [0.1, 0.15) is 0 Å². The summed E-state index contributed by atoms with van der Waals surface area (Å²) in [5, 5.41) is 1.18. The van der Waals surface area contributed by atoms with Crippen LogP contribution in [0.5, 0.6) is 0 Å². The van der Waals surface area contributed by atoms with Gasteiger partial charge in [0, 0.05) is 5.54 Å². The number of rotatable bonds is 2. The number of hydrogen-bond donors (Lipinski definition) is 1. The van der Waals surface area contributed by atoms with Crippen LogP contribution >= 0.6 is 23.2 Å². The number of fused-ring (bicyclic) bond motifs is 1. The fraction of sp³-hybridized carbons (Fsp3) is 0.250. The molecule has 3 heteroatoms. The molecule has 98 valence electrons. The van der Waals surface area contributed by atoms with Crippen LogP contribution in [0.15, 0.2) is 42.5 Å². The molecule has 2 N–H and O–H groups in total. The van der Waals surface area contributed by atoms with Gasteiger partial charge in [-0.05, 0) is 48.1 Å². The Morgan fingerprint density at radius 1 is 0.947 bits per heavy atom. The van der Waals surface area contributed by atoms with Crippen molar-refractivity contribution in [3.63, 3.8) is 0 Å². The molecule has 2 aromatic carbocycles. The molecule has 19 heavy (non-hydrogen) atoms. The van der Waals surface area contributed by atoms with E-state index < -0.39 is 0 Å². The van der Waals surface area contributed by atoms with Crippen molar-refractivity contribution in [2.24, 2.45) is 5.73 Å². The normalized spacial score (nSPS) is 16.4. The minimum Gasteiger partial charge on any atom is -0.324 e. The summed E-state index contributed by atoms with van der Waals surface area (Å²) in [6, 6.07) is 14.2. The predicted molar refractivity (Wildman–Crippen MR) is 80.9 cm³/mol. The molecule has 0 atom stereocenters. The Labute approximate surface area is 123 Å². The zero-order valence-electron chi connectivity index (χ0n) is 10.5. The average molecular weight is 292 g/mol. The molecule has 0 amide bonds. The van der Waals surface area contributed by atoms with Gasteiger partial charge < -0.3 is 5.73 Å². The lowest BCUT2D eigenvalue weighted by Crippen LogP contribution is -2.42. The van der Waals surface area contributed by atoms with Crippen molar-refractivity contribution in [3.8, 4) is 0 Å². The lowest BCUT2D eigenvalue weighted by molar-refractivity contribution is 0.446. The van der Waals surface area contributed by atoms with Crippen LogP contribution in [0.25, 0.3) is 0 Å². The van der Waals surface area contributed by atoms with Crippen molar-refractivity contribution in [2.45, 2.75) is 24.8 Å². The SMILES string of the molecule is NC1(Cc2ccc(Cl)c(Cl)c2)Cc2ccccc2C1. The highest BCUT2D eigenvalue weighted by molar-refractivity contribution is 6.42. The van der Waals surface area contributed by atoms with Gasteiger partial charge in [-0.2, -0.15) is 0 Å². The molecule has 0 radical (unpaired) electrons. The monoisotopic (exact) mass is 291 g/mol. The molecule has 0 spiro atoms. The first-order valence-electron chi connectivity index (χ1n) is 6.35. The highest BCUT2D eigenvalue weighted by Gasteiger charge is 2.33. The molecule has 0 unspecified atom stereocenters. The quantitative estimate of drug-likeness (QED) is 0.888. The molecule has 0 saturated heterocycles. The summed E-state index contributed by atoms with van der Waals surface area (Å²) >= 11 is 12.0. The molecule has 1 nitrogen and oxygen atoms in total. The minimum atomic E-state index is -0.207. The molecule has 0 fully saturated rings. The maximum Gasteiger partial charge on any atom is 0.0595 e. The van der Waals surface area contributed by atoms with Gasteiger partial charge in [0.05, 0.1) is 10.0 Å². The van der Waals surface area contributed by atoms with Gasteiger partial charge in [-0.3, -0.25) is 0 Å². The molecular weight excluding hydrogens is 277 g/mol. The minimum absolute atomic E-state index is 0.207. The van der Waals surface area contributed by atoms with E-state index in [2.05, 4.69) is 24.3 Å². The van der Waals surface area contributed by atoms with Crippen LogP contribution in [0.3, 0.4) is 0 Å². The fourth-order valence-corrected chi connectivity index (χ4v) is 3.23. The van der Waals surface area contributed by atoms with E-state index in [0.29, 0.717) is 10.0 Å². The summed E-state index contributed by atoms with van der Waals surface area (Å²) in [5.74, 6) is 0. The number of benzene rings is 2. The molecule has 0 saturated carbocycles. The Balaban J connectivity index is 1.83. The van der Waals surface area contributed by atoms with Crippen LogP contribution < -0.4 is 5.73 Å². The smallest absolute Gasteiger partial charge is 0.0595 e. The summed E-state index contributed by atoms with van der Waals surface area (Å²) in [6.45, 7) is 0. The standard InChI is InChI=1S/C16H15Cl2N/c17-14-6-5-11(7-15(14)18)8-16(19)9-12-3-1-2-4-13(12)10-16/h1-7H,8-10,19H2. The highest BCUT2D eigenvalue weighted by Crippen LogP contribution is 2.32. The number of nitrogens with two attached hydrogens (primary N) is 1. The molecule has 1 aliphatic carbocycles. The van der Waals surface area contributed by atoms with Crippen molar-refractivity contribution >= 4 is 23.2 Å². The summed E-state index contributed by atoms with van der Waals surface area (Å²) in [4.78, 5) is 0. The summed E-state index contributed by atoms with van der Waals surface area (Å²) in [7, 11) is 0. The summed E-state index contributed by atoms with van der Waals surface area (Å²) in [5.41, 5.74) is 10.2. The fourth-order valence-electron chi connectivity index (χ4n) is 2.90. The second-order valence-corrected chi connectivity index (χ2v) is 6.22. The Kier molecular flexibility index (Phi) is 3.30. The van der Waals surface area contributed by atoms with Crippen LogP contribution in [-0.4, -0.2) is 5.54 Å². The second kappa shape index (κ2) is 4.82. The summed E-state index contributed by atoms with van der Waals surface area (Å²) in [6.07, 6.45) is 2.66. The van der Waals surface area contributed by atoms with Crippen molar-refractivity contribution in [1.29, 1.82) is 0 Å². The van der Waals surface area contributed by atoms with Crippen molar-refractivity contribution in [3.05, 3.63) is 69.2 Å². The Morgan fingerprint density at radius 2 is 1.58 bits per heavy atom. The van der Waals surface area contributed by atoms with E-state index in [-0.39, 0.29) is 5.54 Å². The zero-order chi connectivity index (χ0) is 13.5. The Morgan fingerprint density at radius 3 is 2.16 bits per heavy atom. The van der Waals surface area contributed by atoms with Gasteiger partial charge in [0.15, 0.2) is 0 Å². The van der Waals surface area contributed by atoms with Crippen molar-refractivity contribution in [2.75, 3.05) is 0 Å². The molecule has 0 aromatic heterocycles. The number of hydrogen-bond acceptors (Lipinski definition) is 1. The molecule has 2 aromatic rings. The van der Waals surface area contributed by atoms with Gasteiger partial charge in [0.2, 0.25) is 0 Å². The van der Waals surface area contributed by atoms with Crippen molar-refractivity contribution in [1.82, 2.24) is 0 Å². The predicted octanol–water partition coefficient (Wildman–Crippen LogP) is 4.03. The molecule has 0 bridgehead atoms. The van der Waals surface area contributed by atoms with E-state index in [4.69, 9.17) is 28.9 Å². The van der Waals surface area contributed by atoms with Gasteiger partial charge in [-0.15, -0.1) is 0 Å². The first-order valence-corrected chi connectivity index (χ1v) is 7.11. The summed E-state index contributed by atoms with van der Waals surface area (Å²) < 4.78 is 0. The van der Waals surface area contributed by atoms with E-state index >= 15 is 0 Å². The van der Waals surface area contributed by atoms with E-state index in [9.17, 15) is 0 Å². The molecule has 0 aliphatic heterocycles. The first-order chi connectivity index (χ1) is 9.06. The van der Waals surface area contributed by atoms with Gasteiger partial charge >= 0.3 is 0 Å². The average Bonchev–Trinajstić information content (AvgIpc) is 2.69. The highest BCUT2D eigenvalue weighted by atomic mass is 35.5. The molecule has 3 rings (SSSR count). The maximum atomic E-state index is 6.55. The third kappa shape index (κ3) is 2.64. The lowest BCUT2D eigenvalue weighted by Gasteiger charge is -2.24. The first kappa shape index (κ1) is 13.0. The van der Waals surface area contributed by atoms with Gasteiger partial charge in [-0.25, -0.2) is 0 Å². The van der Waals surface area contributed by atoms with E-state index in [0.717, 1.165) is 24.8 Å². The molecule has 1 aliphatic rings. The van der Waals surface area contributed by atoms with E-state index in [1.807, 2.05) is 18.2 Å². The van der Waals surface area contributed by atoms with Crippen LogP contribution in [0.4, 0.5) is 0 Å². The van der Waals surface area contributed by atoms with Gasteiger partial charge in [0.25, 0.3) is 0 Å². The Bertz CT molecular complexity index is 597. The van der Waals surface area contributed by atoms with Crippen LogP contribution in [0, 0.1) is 0 Å². The Hall–Kier alpha value is -1.02. The maximum absolute atomic E-state index is 6.55. The van der Waals surface area contributed by atoms with Crippen molar-refractivity contribution < 1.29 is 0 Å². The number of halogens is 2. The second-order valence-electron chi connectivity index (χ2n) is 5.41. The topological polar surface area (TPSA) is 26.0 Å². The van der Waals surface area contributed by atoms with Crippen LogP contribution in [0.2, 0.25) is 10.0 Å². The van der Waals surface area contributed by atoms with Crippen LogP contribution in [0.1, 0.15) is 16.7 Å². The third-order valence-electron chi connectivity index (χ3n) is 3.74. The largest absolute Gasteiger partial charge is 0.324 e. The van der Waals surface area contributed by atoms with E-state index in [1.165, 1.54) is 11.1 Å². The molecule has 0 heterocycles. The third-order valence-corrected chi connectivity index (χ3v) is 4.48. The van der Waals surface area contributed by atoms with Crippen LogP contribution in [-0.2, 0) is 19.3 Å². The van der Waals surface area contributed by atoms with E-state index in [1.54, 1.807) is 0 Å².